The van der Waals surface area contributed by atoms with Crippen molar-refractivity contribution in [1.82, 2.24) is 0 Å². The molecule has 0 saturated heterocycles. The van der Waals surface area contributed by atoms with E-state index in [0.717, 1.165) is 5.92 Å². The van der Waals surface area contributed by atoms with E-state index in [1.165, 1.54) is 44.9 Å². The maximum absolute atomic E-state index is 6.42. The quantitative estimate of drug-likeness (QED) is 0.690. The summed E-state index contributed by atoms with van der Waals surface area (Å²) in [5, 5.41) is 0. The third-order valence-electron chi connectivity index (χ3n) is 3.47. The predicted octanol–water partition coefficient (Wildman–Crippen LogP) is 3.08. The van der Waals surface area contributed by atoms with E-state index in [-0.39, 0.29) is 5.54 Å². The van der Waals surface area contributed by atoms with Crippen LogP contribution >= 0.6 is 0 Å². The molecule has 12 heavy (non-hydrogen) atoms. The Hall–Kier alpha value is -0.0400. The summed E-state index contributed by atoms with van der Waals surface area (Å²) in [6.07, 6.45) is 9.13. The van der Waals surface area contributed by atoms with Crippen molar-refractivity contribution >= 4 is 0 Å². The minimum absolute atomic E-state index is 0.196. The SMILES string of the molecule is CCCC1(N)CCCCC1CC. The van der Waals surface area contributed by atoms with Gasteiger partial charge < -0.3 is 5.73 Å². The van der Waals surface area contributed by atoms with Gasteiger partial charge in [0.15, 0.2) is 0 Å². The van der Waals surface area contributed by atoms with Crippen LogP contribution in [0.5, 0.6) is 0 Å². The Morgan fingerprint density at radius 3 is 2.67 bits per heavy atom. The summed E-state index contributed by atoms with van der Waals surface area (Å²) in [6, 6.07) is 0. The number of rotatable bonds is 3. The summed E-state index contributed by atoms with van der Waals surface area (Å²) < 4.78 is 0. The van der Waals surface area contributed by atoms with Gasteiger partial charge in [-0.15, -0.1) is 0 Å². The lowest BCUT2D eigenvalue weighted by atomic mass is 9.70. The molecule has 1 rings (SSSR count). The molecule has 0 aliphatic heterocycles. The molecule has 0 spiro atoms. The zero-order chi connectivity index (χ0) is 9.03. The predicted molar refractivity (Wildman–Crippen MR) is 54.1 cm³/mol. The number of hydrogen-bond acceptors (Lipinski definition) is 1. The molecule has 0 aromatic rings. The topological polar surface area (TPSA) is 26.0 Å². The van der Waals surface area contributed by atoms with Gasteiger partial charge in [0.05, 0.1) is 0 Å². The highest BCUT2D eigenvalue weighted by Crippen LogP contribution is 2.36. The third-order valence-corrected chi connectivity index (χ3v) is 3.47. The highest BCUT2D eigenvalue weighted by atomic mass is 14.8. The fraction of sp³-hybridized carbons (Fsp3) is 1.00. The summed E-state index contributed by atoms with van der Waals surface area (Å²) >= 11 is 0. The molecule has 1 nitrogen and oxygen atoms in total. The molecule has 0 aromatic carbocycles. The van der Waals surface area contributed by atoms with Gasteiger partial charge in [0.1, 0.15) is 0 Å². The monoisotopic (exact) mass is 169 g/mol. The van der Waals surface area contributed by atoms with E-state index < -0.39 is 0 Å². The standard InChI is InChI=1S/C11H23N/c1-3-8-11(12)9-6-5-7-10(11)4-2/h10H,3-9,12H2,1-2H3. The Balaban J connectivity index is 2.55. The van der Waals surface area contributed by atoms with E-state index in [0.29, 0.717) is 0 Å². The first kappa shape index (κ1) is 10.0. The second kappa shape index (κ2) is 4.27. The molecular weight excluding hydrogens is 146 g/mol. The van der Waals surface area contributed by atoms with Crippen LogP contribution in [0.3, 0.4) is 0 Å². The maximum Gasteiger partial charge on any atom is 0.0182 e. The van der Waals surface area contributed by atoms with Crippen molar-refractivity contribution in [3.63, 3.8) is 0 Å². The summed E-state index contributed by atoms with van der Waals surface area (Å²) in [5.74, 6) is 0.797. The summed E-state index contributed by atoms with van der Waals surface area (Å²) in [4.78, 5) is 0. The Bertz CT molecular complexity index is 129. The molecule has 0 bridgehead atoms. The van der Waals surface area contributed by atoms with E-state index in [9.17, 15) is 0 Å². The van der Waals surface area contributed by atoms with Gasteiger partial charge in [-0.25, -0.2) is 0 Å². The second-order valence-corrected chi connectivity index (χ2v) is 4.33. The largest absolute Gasteiger partial charge is 0.325 e. The van der Waals surface area contributed by atoms with Crippen molar-refractivity contribution in [2.24, 2.45) is 11.7 Å². The molecule has 0 amide bonds. The molecule has 0 aromatic heterocycles. The van der Waals surface area contributed by atoms with E-state index in [4.69, 9.17) is 5.73 Å². The molecule has 0 heterocycles. The van der Waals surface area contributed by atoms with Gasteiger partial charge in [0.25, 0.3) is 0 Å². The van der Waals surface area contributed by atoms with Crippen molar-refractivity contribution in [2.45, 2.75) is 64.3 Å². The average Bonchev–Trinajstić information content (AvgIpc) is 2.05. The lowest BCUT2D eigenvalue weighted by Gasteiger charge is -2.41. The summed E-state index contributed by atoms with van der Waals surface area (Å²) in [6.45, 7) is 4.53. The molecule has 1 aliphatic carbocycles. The Kier molecular flexibility index (Phi) is 3.57. The van der Waals surface area contributed by atoms with E-state index in [2.05, 4.69) is 13.8 Å². The maximum atomic E-state index is 6.42. The van der Waals surface area contributed by atoms with Crippen LogP contribution < -0.4 is 5.73 Å². The Morgan fingerprint density at radius 1 is 1.33 bits per heavy atom. The van der Waals surface area contributed by atoms with Crippen LogP contribution in [-0.4, -0.2) is 5.54 Å². The van der Waals surface area contributed by atoms with Gasteiger partial charge in [0, 0.05) is 5.54 Å². The average molecular weight is 169 g/mol. The molecule has 1 aliphatic rings. The van der Waals surface area contributed by atoms with Crippen molar-refractivity contribution in [3.05, 3.63) is 0 Å². The fourth-order valence-corrected chi connectivity index (χ4v) is 2.74. The van der Waals surface area contributed by atoms with Crippen LogP contribution in [0.4, 0.5) is 0 Å². The molecule has 2 atom stereocenters. The Labute approximate surface area is 76.7 Å². The molecule has 72 valence electrons. The van der Waals surface area contributed by atoms with Crippen LogP contribution in [0.25, 0.3) is 0 Å². The normalized spacial score (nSPS) is 36.8. The van der Waals surface area contributed by atoms with Crippen molar-refractivity contribution in [1.29, 1.82) is 0 Å². The summed E-state index contributed by atoms with van der Waals surface area (Å²) in [5.41, 5.74) is 6.62. The van der Waals surface area contributed by atoms with Gasteiger partial charge in [-0.3, -0.25) is 0 Å². The highest BCUT2D eigenvalue weighted by Gasteiger charge is 2.34. The van der Waals surface area contributed by atoms with Crippen LogP contribution in [0.2, 0.25) is 0 Å². The summed E-state index contributed by atoms with van der Waals surface area (Å²) in [7, 11) is 0. The highest BCUT2D eigenvalue weighted by molar-refractivity contribution is 4.93. The minimum atomic E-state index is 0.196. The van der Waals surface area contributed by atoms with Gasteiger partial charge in [0.2, 0.25) is 0 Å². The molecule has 1 saturated carbocycles. The van der Waals surface area contributed by atoms with Crippen LogP contribution in [0.15, 0.2) is 0 Å². The van der Waals surface area contributed by atoms with Gasteiger partial charge in [-0.1, -0.05) is 39.5 Å². The smallest absolute Gasteiger partial charge is 0.0182 e. The van der Waals surface area contributed by atoms with Crippen molar-refractivity contribution in [3.8, 4) is 0 Å². The second-order valence-electron chi connectivity index (χ2n) is 4.33. The molecular formula is C11H23N. The number of nitrogens with two attached hydrogens (primary N) is 1. The molecule has 1 fully saturated rings. The van der Waals surface area contributed by atoms with E-state index >= 15 is 0 Å². The molecule has 1 heteroatoms. The Morgan fingerprint density at radius 2 is 2.08 bits per heavy atom. The van der Waals surface area contributed by atoms with Crippen LogP contribution in [0, 0.1) is 5.92 Å². The first-order valence-electron chi connectivity index (χ1n) is 5.52. The fourth-order valence-electron chi connectivity index (χ4n) is 2.74. The van der Waals surface area contributed by atoms with Gasteiger partial charge in [-0.05, 0) is 25.2 Å². The zero-order valence-electron chi connectivity index (χ0n) is 8.60. The number of hydrogen-bond donors (Lipinski definition) is 1. The van der Waals surface area contributed by atoms with E-state index in [1.54, 1.807) is 0 Å². The molecule has 0 radical (unpaired) electrons. The first-order chi connectivity index (χ1) is 5.73. The third kappa shape index (κ3) is 2.01. The van der Waals surface area contributed by atoms with Gasteiger partial charge >= 0.3 is 0 Å². The first-order valence-corrected chi connectivity index (χ1v) is 5.52. The van der Waals surface area contributed by atoms with Gasteiger partial charge in [-0.2, -0.15) is 0 Å². The van der Waals surface area contributed by atoms with Crippen LogP contribution in [-0.2, 0) is 0 Å². The van der Waals surface area contributed by atoms with E-state index in [1.807, 2.05) is 0 Å². The van der Waals surface area contributed by atoms with Crippen LogP contribution in [0.1, 0.15) is 58.8 Å². The van der Waals surface area contributed by atoms with Crippen molar-refractivity contribution < 1.29 is 0 Å². The molecule has 2 unspecified atom stereocenters. The zero-order valence-corrected chi connectivity index (χ0v) is 8.60. The molecule has 2 N–H and O–H groups in total. The van der Waals surface area contributed by atoms with Crippen molar-refractivity contribution in [2.75, 3.05) is 0 Å². The minimum Gasteiger partial charge on any atom is -0.325 e. The lowest BCUT2D eigenvalue weighted by Crippen LogP contribution is -2.48. The lowest BCUT2D eigenvalue weighted by molar-refractivity contribution is 0.170.